The second-order valence-electron chi connectivity index (χ2n) is 8.92. The van der Waals surface area contributed by atoms with E-state index in [1.54, 1.807) is 45.2 Å². The minimum Gasteiger partial charge on any atom is -0.465 e. The van der Waals surface area contributed by atoms with Gasteiger partial charge in [-0.3, -0.25) is 9.79 Å². The number of hydrogen-bond donors (Lipinski definition) is 0. The SMILES string of the molecule is CCOC(=O)C1=C(C)N=C(C)C(C(=O)OCC)C1c1cccc(-c2nc(-c3cccc(C(F)(F)F)c3)cs2)c1. The second-order valence-corrected chi connectivity index (χ2v) is 9.78. The Kier molecular flexibility index (Phi) is 8.34. The number of aromatic nitrogens is 1. The first-order chi connectivity index (χ1) is 18.5. The molecular weight excluding hydrogens is 529 g/mol. The fourth-order valence-electron chi connectivity index (χ4n) is 4.67. The Hall–Kier alpha value is -3.79. The van der Waals surface area contributed by atoms with Crippen LogP contribution < -0.4 is 0 Å². The van der Waals surface area contributed by atoms with E-state index in [1.807, 2.05) is 18.2 Å². The van der Waals surface area contributed by atoms with Crippen molar-refractivity contribution < 1.29 is 32.2 Å². The summed E-state index contributed by atoms with van der Waals surface area (Å²) in [6.45, 7) is 7.17. The fourth-order valence-corrected chi connectivity index (χ4v) is 5.49. The summed E-state index contributed by atoms with van der Waals surface area (Å²) in [6, 6.07) is 12.3. The Morgan fingerprint density at radius 1 is 0.974 bits per heavy atom. The number of carbonyl (C=O) groups excluding carboxylic acids is 2. The molecule has 0 amide bonds. The smallest absolute Gasteiger partial charge is 0.416 e. The van der Waals surface area contributed by atoms with Crippen LogP contribution in [0.4, 0.5) is 13.2 Å². The zero-order chi connectivity index (χ0) is 28.3. The highest BCUT2D eigenvalue weighted by Gasteiger charge is 2.42. The quantitative estimate of drug-likeness (QED) is 0.291. The summed E-state index contributed by atoms with van der Waals surface area (Å²) in [7, 11) is 0. The summed E-state index contributed by atoms with van der Waals surface area (Å²) in [5.74, 6) is -2.59. The first-order valence-corrected chi connectivity index (χ1v) is 13.3. The standard InChI is InChI=1S/C29H27F3N2O4S/c1-5-37-27(35)23-16(3)33-17(4)24(28(36)38-6-2)25(23)19-10-7-11-20(13-19)26-34-22(15-39-26)18-9-8-12-21(14-18)29(30,31)32/h7-15,23,25H,5-6H2,1-4H3. The highest BCUT2D eigenvalue weighted by molar-refractivity contribution is 7.13. The fraction of sp³-hybridized carbons (Fsp3) is 0.310. The summed E-state index contributed by atoms with van der Waals surface area (Å²) in [5.41, 5.74) is 2.65. The van der Waals surface area contributed by atoms with Gasteiger partial charge in [0.1, 0.15) is 10.9 Å². The molecule has 4 rings (SSSR count). The van der Waals surface area contributed by atoms with Gasteiger partial charge in [0.15, 0.2) is 0 Å². The zero-order valence-corrected chi connectivity index (χ0v) is 22.7. The minimum absolute atomic E-state index is 0.159. The predicted molar refractivity (Wildman–Crippen MR) is 143 cm³/mol. The second kappa shape index (κ2) is 11.5. The lowest BCUT2D eigenvalue weighted by Gasteiger charge is -2.31. The van der Waals surface area contributed by atoms with Crippen LogP contribution in [0.15, 0.2) is 70.2 Å². The third-order valence-corrected chi connectivity index (χ3v) is 7.24. The zero-order valence-electron chi connectivity index (χ0n) is 21.8. The number of rotatable bonds is 7. The van der Waals surface area contributed by atoms with Crippen molar-refractivity contribution >= 4 is 29.0 Å². The lowest BCUT2D eigenvalue weighted by molar-refractivity contribution is -0.146. The third kappa shape index (κ3) is 5.95. The van der Waals surface area contributed by atoms with Gasteiger partial charge in [0.2, 0.25) is 0 Å². The van der Waals surface area contributed by atoms with Gasteiger partial charge in [0.05, 0.1) is 30.0 Å². The van der Waals surface area contributed by atoms with E-state index in [-0.39, 0.29) is 18.8 Å². The number of thiazole rings is 1. The number of carbonyl (C=O) groups is 2. The number of allylic oxidation sites excluding steroid dienone is 1. The van der Waals surface area contributed by atoms with Gasteiger partial charge in [0.25, 0.3) is 0 Å². The molecule has 0 radical (unpaired) electrons. The van der Waals surface area contributed by atoms with Gasteiger partial charge < -0.3 is 9.47 Å². The number of hydrogen-bond acceptors (Lipinski definition) is 7. The Morgan fingerprint density at radius 2 is 1.67 bits per heavy atom. The number of nitrogens with zero attached hydrogens (tertiary/aromatic N) is 2. The van der Waals surface area contributed by atoms with Crippen molar-refractivity contribution in [1.29, 1.82) is 0 Å². The number of halogens is 3. The van der Waals surface area contributed by atoms with Crippen LogP contribution in [-0.4, -0.2) is 35.8 Å². The van der Waals surface area contributed by atoms with Crippen molar-refractivity contribution in [2.75, 3.05) is 13.2 Å². The molecule has 3 aromatic rings. The Balaban J connectivity index is 1.77. The minimum atomic E-state index is -4.46. The van der Waals surface area contributed by atoms with Crippen molar-refractivity contribution in [3.63, 3.8) is 0 Å². The van der Waals surface area contributed by atoms with Crippen LogP contribution in [-0.2, 0) is 25.2 Å². The van der Waals surface area contributed by atoms with Gasteiger partial charge in [0, 0.05) is 33.8 Å². The van der Waals surface area contributed by atoms with Crippen LogP contribution >= 0.6 is 11.3 Å². The van der Waals surface area contributed by atoms with E-state index < -0.39 is 35.5 Å². The van der Waals surface area contributed by atoms with Gasteiger partial charge >= 0.3 is 18.1 Å². The van der Waals surface area contributed by atoms with Crippen molar-refractivity contribution in [3.8, 4) is 21.8 Å². The van der Waals surface area contributed by atoms with E-state index in [2.05, 4.69) is 9.98 Å². The molecule has 6 nitrogen and oxygen atoms in total. The van der Waals surface area contributed by atoms with Gasteiger partial charge in [-0.05, 0) is 51.5 Å². The molecule has 1 aliphatic heterocycles. The summed E-state index contributed by atoms with van der Waals surface area (Å²) < 4.78 is 50.3. The topological polar surface area (TPSA) is 77.8 Å². The maximum absolute atomic E-state index is 13.2. The number of benzene rings is 2. The van der Waals surface area contributed by atoms with Crippen molar-refractivity contribution in [2.24, 2.45) is 10.9 Å². The molecular formula is C29H27F3N2O4S. The van der Waals surface area contributed by atoms with E-state index in [9.17, 15) is 22.8 Å². The molecule has 1 aromatic heterocycles. The summed E-state index contributed by atoms with van der Waals surface area (Å²) >= 11 is 1.29. The molecule has 0 fully saturated rings. The van der Waals surface area contributed by atoms with Crippen LogP contribution in [0.5, 0.6) is 0 Å². The van der Waals surface area contributed by atoms with E-state index in [4.69, 9.17) is 9.47 Å². The highest BCUT2D eigenvalue weighted by Crippen LogP contribution is 2.42. The molecule has 0 N–H and O–H groups in total. The monoisotopic (exact) mass is 556 g/mol. The van der Waals surface area contributed by atoms with E-state index in [0.717, 1.165) is 12.1 Å². The molecule has 0 spiro atoms. The maximum atomic E-state index is 13.2. The van der Waals surface area contributed by atoms with Crippen molar-refractivity contribution in [3.05, 3.63) is 76.3 Å². The molecule has 2 unspecified atom stereocenters. The highest BCUT2D eigenvalue weighted by atomic mass is 32.1. The molecule has 0 bridgehead atoms. The predicted octanol–water partition coefficient (Wildman–Crippen LogP) is 7.07. The van der Waals surface area contributed by atoms with Gasteiger partial charge in [-0.1, -0.05) is 30.3 Å². The lowest BCUT2D eigenvalue weighted by Crippen LogP contribution is -2.36. The Morgan fingerprint density at radius 3 is 2.36 bits per heavy atom. The van der Waals surface area contributed by atoms with Crippen molar-refractivity contribution in [1.82, 2.24) is 4.98 Å². The van der Waals surface area contributed by atoms with Crippen LogP contribution in [0, 0.1) is 5.92 Å². The van der Waals surface area contributed by atoms with Crippen LogP contribution in [0.1, 0.15) is 44.7 Å². The molecule has 0 saturated carbocycles. The van der Waals surface area contributed by atoms with E-state index >= 15 is 0 Å². The Labute approximate surface area is 228 Å². The van der Waals surface area contributed by atoms with Crippen LogP contribution in [0.3, 0.4) is 0 Å². The van der Waals surface area contributed by atoms with Gasteiger partial charge in [-0.2, -0.15) is 13.2 Å². The van der Waals surface area contributed by atoms with Crippen molar-refractivity contribution in [2.45, 2.75) is 39.8 Å². The normalized spacial score (nSPS) is 17.6. The molecule has 0 aliphatic carbocycles. The van der Waals surface area contributed by atoms with Crippen LogP contribution in [0.25, 0.3) is 21.8 Å². The van der Waals surface area contributed by atoms with E-state index in [1.165, 1.54) is 17.4 Å². The molecule has 2 atom stereocenters. The largest absolute Gasteiger partial charge is 0.465 e. The average Bonchev–Trinajstić information content (AvgIpc) is 3.39. The number of aliphatic imine (C=N–C) groups is 1. The third-order valence-electron chi connectivity index (χ3n) is 6.35. The molecule has 0 saturated heterocycles. The average molecular weight is 557 g/mol. The molecule has 39 heavy (non-hydrogen) atoms. The number of ether oxygens (including phenoxy) is 2. The number of alkyl halides is 3. The van der Waals surface area contributed by atoms with E-state index in [0.29, 0.717) is 38.8 Å². The molecule has 10 heteroatoms. The molecule has 2 aromatic carbocycles. The lowest BCUT2D eigenvalue weighted by atomic mass is 9.75. The summed E-state index contributed by atoms with van der Waals surface area (Å²) in [4.78, 5) is 35.2. The number of esters is 2. The van der Waals surface area contributed by atoms with Crippen LogP contribution in [0.2, 0.25) is 0 Å². The summed E-state index contributed by atoms with van der Waals surface area (Å²) in [5, 5.41) is 2.28. The molecule has 1 aliphatic rings. The first-order valence-electron chi connectivity index (χ1n) is 12.4. The molecule has 2 heterocycles. The summed E-state index contributed by atoms with van der Waals surface area (Å²) in [6.07, 6.45) is -4.46. The molecule has 204 valence electrons. The van der Waals surface area contributed by atoms with Gasteiger partial charge in [-0.15, -0.1) is 11.3 Å². The Bertz CT molecular complexity index is 1460. The first kappa shape index (κ1) is 28.2. The maximum Gasteiger partial charge on any atom is 0.416 e. The van der Waals surface area contributed by atoms with Gasteiger partial charge in [-0.25, -0.2) is 9.78 Å².